The summed E-state index contributed by atoms with van der Waals surface area (Å²) in [6.45, 7) is 6.76. The molecule has 0 bridgehead atoms. The van der Waals surface area contributed by atoms with E-state index in [2.05, 4.69) is 5.32 Å². The highest BCUT2D eigenvalue weighted by atomic mass is 16.1. The number of ketones is 1. The summed E-state index contributed by atoms with van der Waals surface area (Å²) in [5, 5.41) is 2.76. The molecule has 0 heterocycles. The van der Waals surface area contributed by atoms with Crippen LogP contribution in [0.5, 0.6) is 0 Å². The van der Waals surface area contributed by atoms with Gasteiger partial charge in [-0.25, -0.2) is 0 Å². The summed E-state index contributed by atoms with van der Waals surface area (Å²) < 4.78 is 0. The Morgan fingerprint density at radius 1 is 1.05 bits per heavy atom. The molecule has 0 spiro atoms. The van der Waals surface area contributed by atoms with Crippen LogP contribution in [0.3, 0.4) is 0 Å². The number of amides is 1. The lowest BCUT2D eigenvalue weighted by atomic mass is 9.91. The van der Waals surface area contributed by atoms with Crippen LogP contribution in [0, 0.1) is 13.8 Å². The molecule has 2 aromatic rings. The topological polar surface area (TPSA) is 72.2 Å². The van der Waals surface area contributed by atoms with Crippen molar-refractivity contribution in [3.8, 4) is 11.1 Å². The van der Waals surface area contributed by atoms with Gasteiger partial charge in [0.05, 0.1) is 0 Å². The fourth-order valence-electron chi connectivity index (χ4n) is 2.57. The minimum atomic E-state index is -0.159. The molecule has 2 aromatic carbocycles. The number of aryl methyl sites for hydroxylation is 1. The predicted octanol–water partition coefficient (Wildman–Crippen LogP) is 3.71. The zero-order chi connectivity index (χ0) is 16.4. The largest absolute Gasteiger partial charge is 0.399 e. The maximum Gasteiger partial charge on any atom is 0.221 e. The van der Waals surface area contributed by atoms with Crippen LogP contribution in [0.2, 0.25) is 0 Å². The van der Waals surface area contributed by atoms with Crippen LogP contribution in [-0.4, -0.2) is 11.7 Å². The van der Waals surface area contributed by atoms with Crippen LogP contribution in [0.1, 0.15) is 35.3 Å². The summed E-state index contributed by atoms with van der Waals surface area (Å²) in [6, 6.07) is 9.39. The first-order valence-electron chi connectivity index (χ1n) is 7.10. The molecule has 0 aliphatic heterocycles. The maximum atomic E-state index is 12.1. The van der Waals surface area contributed by atoms with E-state index in [-0.39, 0.29) is 11.7 Å². The average Bonchev–Trinajstić information content (AvgIpc) is 2.43. The molecule has 3 N–H and O–H groups in total. The number of carbonyl (C=O) groups excluding carboxylic acids is 2. The molecule has 0 aliphatic rings. The first-order valence-corrected chi connectivity index (χ1v) is 7.10. The third kappa shape index (κ3) is 3.01. The standard InChI is InChI=1S/C18H20N2O2/c1-10-9-14(5-7-16(10)19)15-6-8-17(20-13(4)22)11(2)18(15)12(3)21/h5-9H,19H2,1-4H3,(H,20,22). The molecule has 4 nitrogen and oxygen atoms in total. The van der Waals surface area contributed by atoms with Crippen molar-refractivity contribution in [2.24, 2.45) is 0 Å². The Labute approximate surface area is 130 Å². The molecular formula is C18H20N2O2. The number of hydrogen-bond donors (Lipinski definition) is 2. The van der Waals surface area contributed by atoms with Crippen LogP contribution in [-0.2, 0) is 4.79 Å². The molecule has 0 radical (unpaired) electrons. The van der Waals surface area contributed by atoms with Crippen molar-refractivity contribution in [2.75, 3.05) is 11.1 Å². The molecule has 0 saturated carbocycles. The van der Waals surface area contributed by atoms with Gasteiger partial charge in [0.1, 0.15) is 0 Å². The monoisotopic (exact) mass is 296 g/mol. The third-order valence-electron chi connectivity index (χ3n) is 3.71. The number of hydrogen-bond acceptors (Lipinski definition) is 3. The summed E-state index contributed by atoms with van der Waals surface area (Å²) in [7, 11) is 0. The fourth-order valence-corrected chi connectivity index (χ4v) is 2.57. The molecule has 114 valence electrons. The predicted molar refractivity (Wildman–Crippen MR) is 90.1 cm³/mol. The highest BCUT2D eigenvalue weighted by Gasteiger charge is 2.16. The van der Waals surface area contributed by atoms with Crippen molar-refractivity contribution >= 4 is 23.1 Å². The van der Waals surface area contributed by atoms with E-state index in [1.54, 1.807) is 0 Å². The second-order valence-electron chi connectivity index (χ2n) is 5.47. The molecule has 0 unspecified atom stereocenters. The summed E-state index contributed by atoms with van der Waals surface area (Å²) in [5.41, 5.74) is 11.4. The lowest BCUT2D eigenvalue weighted by molar-refractivity contribution is -0.114. The van der Waals surface area contributed by atoms with Gasteiger partial charge in [0.15, 0.2) is 5.78 Å². The normalized spacial score (nSPS) is 10.4. The van der Waals surface area contributed by atoms with Gasteiger partial charge in [-0.05, 0) is 61.2 Å². The van der Waals surface area contributed by atoms with Crippen molar-refractivity contribution in [3.63, 3.8) is 0 Å². The number of nitrogens with one attached hydrogen (secondary N) is 1. The van der Waals surface area contributed by atoms with Crippen LogP contribution >= 0.6 is 0 Å². The quantitative estimate of drug-likeness (QED) is 0.670. The third-order valence-corrected chi connectivity index (χ3v) is 3.71. The van der Waals surface area contributed by atoms with Gasteiger partial charge in [-0.2, -0.15) is 0 Å². The number of Topliss-reactive ketones (excluding diaryl/α,β-unsaturated/α-hetero) is 1. The van der Waals surface area contributed by atoms with Gasteiger partial charge in [0, 0.05) is 23.9 Å². The number of benzene rings is 2. The Balaban J connectivity index is 2.65. The van der Waals surface area contributed by atoms with Crippen LogP contribution in [0.4, 0.5) is 11.4 Å². The van der Waals surface area contributed by atoms with Gasteiger partial charge in [-0.1, -0.05) is 12.1 Å². The molecule has 2 rings (SSSR count). The maximum absolute atomic E-state index is 12.1. The van der Waals surface area contributed by atoms with Crippen LogP contribution in [0.15, 0.2) is 30.3 Å². The Morgan fingerprint density at radius 2 is 1.73 bits per heavy atom. The van der Waals surface area contributed by atoms with Crippen molar-refractivity contribution in [1.82, 2.24) is 0 Å². The molecular weight excluding hydrogens is 276 g/mol. The Kier molecular flexibility index (Phi) is 4.31. The summed E-state index contributed by atoms with van der Waals surface area (Å²) >= 11 is 0. The lowest BCUT2D eigenvalue weighted by Gasteiger charge is -2.15. The van der Waals surface area contributed by atoms with Gasteiger partial charge < -0.3 is 11.1 Å². The lowest BCUT2D eigenvalue weighted by Crippen LogP contribution is -2.10. The molecule has 0 atom stereocenters. The number of rotatable bonds is 3. The van der Waals surface area contributed by atoms with Crippen molar-refractivity contribution in [3.05, 3.63) is 47.0 Å². The molecule has 0 fully saturated rings. The summed E-state index contributed by atoms with van der Waals surface area (Å²) in [6.07, 6.45) is 0. The van der Waals surface area contributed by atoms with E-state index in [1.807, 2.05) is 44.2 Å². The van der Waals surface area contributed by atoms with E-state index in [1.165, 1.54) is 13.8 Å². The van der Waals surface area contributed by atoms with Gasteiger partial charge in [0.25, 0.3) is 0 Å². The van der Waals surface area contributed by atoms with Gasteiger partial charge in [-0.15, -0.1) is 0 Å². The molecule has 22 heavy (non-hydrogen) atoms. The first-order chi connectivity index (χ1) is 10.3. The molecule has 4 heteroatoms. The first kappa shape index (κ1) is 15.8. The SMILES string of the molecule is CC(=O)Nc1ccc(-c2ccc(N)c(C)c2)c(C(C)=O)c1C. The molecule has 0 aromatic heterocycles. The van der Waals surface area contributed by atoms with Gasteiger partial charge >= 0.3 is 0 Å². The Bertz CT molecular complexity index is 764. The second-order valence-corrected chi connectivity index (χ2v) is 5.47. The fraction of sp³-hybridized carbons (Fsp3) is 0.222. The number of nitrogen functional groups attached to an aromatic ring is 1. The smallest absolute Gasteiger partial charge is 0.221 e. The van der Waals surface area contributed by atoms with Gasteiger partial charge in [0.2, 0.25) is 5.91 Å². The molecule has 0 saturated heterocycles. The Morgan fingerprint density at radius 3 is 2.27 bits per heavy atom. The van der Waals surface area contributed by atoms with Crippen LogP contribution < -0.4 is 11.1 Å². The van der Waals surface area contributed by atoms with E-state index in [0.717, 1.165) is 27.9 Å². The zero-order valence-corrected chi connectivity index (χ0v) is 13.3. The average molecular weight is 296 g/mol. The second kappa shape index (κ2) is 6.02. The van der Waals surface area contributed by atoms with E-state index >= 15 is 0 Å². The summed E-state index contributed by atoms with van der Waals surface area (Å²) in [4.78, 5) is 23.4. The van der Waals surface area contributed by atoms with Crippen molar-refractivity contribution < 1.29 is 9.59 Å². The molecule has 1 amide bonds. The highest BCUT2D eigenvalue weighted by molar-refractivity contribution is 6.04. The van der Waals surface area contributed by atoms with E-state index < -0.39 is 0 Å². The van der Waals surface area contributed by atoms with Gasteiger partial charge in [-0.3, -0.25) is 9.59 Å². The number of carbonyl (C=O) groups is 2. The highest BCUT2D eigenvalue weighted by Crippen LogP contribution is 2.32. The zero-order valence-electron chi connectivity index (χ0n) is 13.3. The molecule has 0 aliphatic carbocycles. The number of nitrogens with two attached hydrogens (primary N) is 1. The van der Waals surface area contributed by atoms with E-state index in [0.29, 0.717) is 11.3 Å². The summed E-state index contributed by atoms with van der Waals surface area (Å²) in [5.74, 6) is -0.192. The van der Waals surface area contributed by atoms with Crippen LogP contribution in [0.25, 0.3) is 11.1 Å². The Hall–Kier alpha value is -2.62. The van der Waals surface area contributed by atoms with Crippen molar-refractivity contribution in [2.45, 2.75) is 27.7 Å². The minimum absolute atomic E-state index is 0.0332. The van der Waals surface area contributed by atoms with E-state index in [4.69, 9.17) is 5.73 Å². The minimum Gasteiger partial charge on any atom is -0.399 e. The van der Waals surface area contributed by atoms with Crippen molar-refractivity contribution in [1.29, 1.82) is 0 Å². The number of anilines is 2. The van der Waals surface area contributed by atoms with E-state index in [9.17, 15) is 9.59 Å².